The highest BCUT2D eigenvalue weighted by Gasteiger charge is 2.13. The summed E-state index contributed by atoms with van der Waals surface area (Å²) in [5.41, 5.74) is 2.86. The highest BCUT2D eigenvalue weighted by atomic mass is 35.5. The minimum Gasteiger partial charge on any atom is -0.354 e. The Kier molecular flexibility index (Phi) is 5.55. The standard InChI is InChI=1S/C17H21ClN4O/c1-10(2)9-20-17-19-6-5-14(21-17)16(23)22-15-12(4)7-11(3)8-13(15)18/h5-8,10H,9H2,1-4H3,(H,22,23)(H,19,20,21). The molecule has 0 aliphatic rings. The molecule has 2 rings (SSSR count). The van der Waals surface area contributed by atoms with Gasteiger partial charge in [-0.3, -0.25) is 4.79 Å². The average Bonchev–Trinajstić information content (AvgIpc) is 2.49. The van der Waals surface area contributed by atoms with Crippen molar-refractivity contribution in [1.82, 2.24) is 9.97 Å². The molecule has 0 radical (unpaired) electrons. The first-order chi connectivity index (χ1) is 10.9. The van der Waals surface area contributed by atoms with E-state index in [-0.39, 0.29) is 5.91 Å². The molecule has 0 spiro atoms. The first-order valence-electron chi connectivity index (χ1n) is 7.52. The van der Waals surface area contributed by atoms with Crippen LogP contribution in [0.1, 0.15) is 35.5 Å². The molecule has 0 aliphatic carbocycles. The van der Waals surface area contributed by atoms with E-state index in [1.54, 1.807) is 12.3 Å². The number of anilines is 2. The molecule has 1 amide bonds. The molecule has 0 saturated heterocycles. The van der Waals surface area contributed by atoms with E-state index in [0.717, 1.165) is 17.7 Å². The van der Waals surface area contributed by atoms with Gasteiger partial charge in [-0.1, -0.05) is 31.5 Å². The van der Waals surface area contributed by atoms with E-state index in [0.29, 0.717) is 28.3 Å². The Labute approximate surface area is 141 Å². The predicted octanol–water partition coefficient (Wildman–Crippen LogP) is 4.07. The fourth-order valence-corrected chi connectivity index (χ4v) is 2.49. The van der Waals surface area contributed by atoms with E-state index >= 15 is 0 Å². The second-order valence-corrected chi connectivity index (χ2v) is 6.34. The normalized spacial score (nSPS) is 10.7. The van der Waals surface area contributed by atoms with Gasteiger partial charge in [-0.05, 0) is 43.0 Å². The van der Waals surface area contributed by atoms with Crippen LogP contribution in [0, 0.1) is 19.8 Å². The van der Waals surface area contributed by atoms with E-state index in [1.807, 2.05) is 26.0 Å². The maximum Gasteiger partial charge on any atom is 0.274 e. The zero-order valence-corrected chi connectivity index (χ0v) is 14.5. The third kappa shape index (κ3) is 4.66. The molecule has 5 nitrogen and oxygen atoms in total. The Hall–Kier alpha value is -2.14. The molecule has 23 heavy (non-hydrogen) atoms. The van der Waals surface area contributed by atoms with Crippen LogP contribution in [-0.4, -0.2) is 22.4 Å². The van der Waals surface area contributed by atoms with E-state index < -0.39 is 0 Å². The summed E-state index contributed by atoms with van der Waals surface area (Å²) < 4.78 is 0. The molecule has 0 unspecified atom stereocenters. The highest BCUT2D eigenvalue weighted by molar-refractivity contribution is 6.34. The lowest BCUT2D eigenvalue weighted by Gasteiger charge is -2.12. The Morgan fingerprint density at radius 1 is 1.30 bits per heavy atom. The van der Waals surface area contributed by atoms with E-state index in [9.17, 15) is 4.79 Å². The van der Waals surface area contributed by atoms with Gasteiger partial charge in [0.25, 0.3) is 5.91 Å². The van der Waals surface area contributed by atoms with Gasteiger partial charge in [0.05, 0.1) is 10.7 Å². The van der Waals surface area contributed by atoms with Gasteiger partial charge in [-0.25, -0.2) is 9.97 Å². The number of hydrogen-bond donors (Lipinski definition) is 2. The van der Waals surface area contributed by atoms with E-state index in [4.69, 9.17) is 11.6 Å². The minimum atomic E-state index is -0.311. The largest absolute Gasteiger partial charge is 0.354 e. The Morgan fingerprint density at radius 2 is 2.04 bits per heavy atom. The summed E-state index contributed by atoms with van der Waals surface area (Å²) >= 11 is 6.22. The molecule has 2 aromatic rings. The van der Waals surface area contributed by atoms with Crippen molar-refractivity contribution < 1.29 is 4.79 Å². The summed E-state index contributed by atoms with van der Waals surface area (Å²) in [5, 5.41) is 6.45. The molecule has 0 fully saturated rings. The van der Waals surface area contributed by atoms with Crippen LogP contribution in [0.2, 0.25) is 5.02 Å². The summed E-state index contributed by atoms with van der Waals surface area (Å²) in [6.45, 7) is 8.79. The number of halogens is 1. The first-order valence-corrected chi connectivity index (χ1v) is 7.89. The first kappa shape index (κ1) is 17.2. The van der Waals surface area contributed by atoms with Crippen LogP contribution in [0.15, 0.2) is 24.4 Å². The van der Waals surface area contributed by atoms with Crippen molar-refractivity contribution in [3.63, 3.8) is 0 Å². The number of nitrogens with zero attached hydrogens (tertiary/aromatic N) is 2. The van der Waals surface area contributed by atoms with Crippen LogP contribution in [0.4, 0.5) is 11.6 Å². The minimum absolute atomic E-state index is 0.294. The molecule has 0 saturated carbocycles. The molecular formula is C17H21ClN4O. The number of aryl methyl sites for hydroxylation is 2. The maximum atomic E-state index is 12.4. The van der Waals surface area contributed by atoms with Crippen LogP contribution < -0.4 is 10.6 Å². The van der Waals surface area contributed by atoms with Gasteiger partial charge in [0.2, 0.25) is 5.95 Å². The number of rotatable bonds is 5. The Bertz CT molecular complexity index is 692. The van der Waals surface area contributed by atoms with Crippen LogP contribution in [0.3, 0.4) is 0 Å². The predicted molar refractivity (Wildman–Crippen MR) is 94.2 cm³/mol. The summed E-state index contributed by atoms with van der Waals surface area (Å²) in [6.07, 6.45) is 1.56. The molecule has 6 heteroatoms. The topological polar surface area (TPSA) is 66.9 Å². The lowest BCUT2D eigenvalue weighted by molar-refractivity contribution is 0.102. The molecule has 0 aliphatic heterocycles. The zero-order chi connectivity index (χ0) is 17.0. The highest BCUT2D eigenvalue weighted by Crippen LogP contribution is 2.27. The van der Waals surface area contributed by atoms with E-state index in [2.05, 4.69) is 34.4 Å². The van der Waals surface area contributed by atoms with Crippen molar-refractivity contribution >= 4 is 29.1 Å². The quantitative estimate of drug-likeness (QED) is 0.866. The van der Waals surface area contributed by atoms with Gasteiger partial charge in [0, 0.05) is 12.7 Å². The van der Waals surface area contributed by atoms with E-state index in [1.165, 1.54) is 0 Å². The number of carbonyl (C=O) groups is 1. The number of aromatic nitrogens is 2. The lowest BCUT2D eigenvalue weighted by atomic mass is 10.1. The SMILES string of the molecule is Cc1cc(C)c(NC(=O)c2ccnc(NCC(C)C)n2)c(Cl)c1. The number of hydrogen-bond acceptors (Lipinski definition) is 4. The van der Waals surface area contributed by atoms with Gasteiger partial charge in [0.15, 0.2) is 0 Å². The molecule has 1 heterocycles. The third-order valence-electron chi connectivity index (χ3n) is 3.23. The molecule has 0 bridgehead atoms. The second kappa shape index (κ2) is 7.42. The van der Waals surface area contributed by atoms with Crippen LogP contribution in [0.5, 0.6) is 0 Å². The molecular weight excluding hydrogens is 312 g/mol. The molecule has 1 aromatic heterocycles. The third-order valence-corrected chi connectivity index (χ3v) is 3.53. The summed E-state index contributed by atoms with van der Waals surface area (Å²) in [4.78, 5) is 20.8. The summed E-state index contributed by atoms with van der Waals surface area (Å²) in [5.74, 6) is 0.594. The maximum absolute atomic E-state index is 12.4. The Balaban J connectivity index is 2.17. The molecule has 122 valence electrons. The van der Waals surface area contributed by atoms with Crippen LogP contribution in [0.25, 0.3) is 0 Å². The van der Waals surface area contributed by atoms with Crippen molar-refractivity contribution in [2.24, 2.45) is 5.92 Å². The lowest BCUT2D eigenvalue weighted by Crippen LogP contribution is -2.17. The van der Waals surface area contributed by atoms with Crippen LogP contribution in [-0.2, 0) is 0 Å². The smallest absolute Gasteiger partial charge is 0.274 e. The fourth-order valence-electron chi connectivity index (χ4n) is 2.12. The van der Waals surface area contributed by atoms with Gasteiger partial charge in [0.1, 0.15) is 5.69 Å². The Morgan fingerprint density at radius 3 is 2.70 bits per heavy atom. The molecule has 0 atom stereocenters. The molecule has 2 N–H and O–H groups in total. The van der Waals surface area contributed by atoms with Gasteiger partial charge in [-0.2, -0.15) is 0 Å². The number of amides is 1. The van der Waals surface area contributed by atoms with Crippen molar-refractivity contribution in [2.75, 3.05) is 17.2 Å². The van der Waals surface area contributed by atoms with Crippen molar-refractivity contribution in [1.29, 1.82) is 0 Å². The second-order valence-electron chi connectivity index (χ2n) is 5.93. The number of nitrogens with one attached hydrogen (secondary N) is 2. The number of benzene rings is 1. The van der Waals surface area contributed by atoms with Crippen molar-refractivity contribution in [3.8, 4) is 0 Å². The fraction of sp³-hybridized carbons (Fsp3) is 0.353. The average molecular weight is 333 g/mol. The van der Waals surface area contributed by atoms with Crippen molar-refractivity contribution in [2.45, 2.75) is 27.7 Å². The monoisotopic (exact) mass is 332 g/mol. The molecule has 1 aromatic carbocycles. The van der Waals surface area contributed by atoms with Crippen molar-refractivity contribution in [3.05, 3.63) is 46.2 Å². The number of carbonyl (C=O) groups excluding carboxylic acids is 1. The zero-order valence-electron chi connectivity index (χ0n) is 13.8. The summed E-state index contributed by atoms with van der Waals surface area (Å²) in [6, 6.07) is 5.37. The van der Waals surface area contributed by atoms with Gasteiger partial charge < -0.3 is 10.6 Å². The van der Waals surface area contributed by atoms with Gasteiger partial charge in [-0.15, -0.1) is 0 Å². The van der Waals surface area contributed by atoms with Crippen LogP contribution >= 0.6 is 11.6 Å². The summed E-state index contributed by atoms with van der Waals surface area (Å²) in [7, 11) is 0. The van der Waals surface area contributed by atoms with Gasteiger partial charge >= 0.3 is 0 Å².